The molecule has 1 heterocycles. The number of nitrogens with two attached hydrogens (primary N) is 1. The van der Waals surface area contributed by atoms with Gasteiger partial charge < -0.3 is 9.47 Å². The molecular formula is C12H14BrFN2O3. The topological polar surface area (TPSA) is 73.6 Å². The summed E-state index contributed by atoms with van der Waals surface area (Å²) in [5.74, 6) is 4.92. The van der Waals surface area contributed by atoms with Gasteiger partial charge >= 0.3 is 0 Å². The van der Waals surface area contributed by atoms with Crippen LogP contribution in [-0.4, -0.2) is 24.7 Å². The van der Waals surface area contributed by atoms with Crippen LogP contribution in [0, 0.1) is 5.82 Å². The highest BCUT2D eigenvalue weighted by atomic mass is 79.9. The summed E-state index contributed by atoms with van der Waals surface area (Å²) in [6.45, 7) is 0.304. The van der Waals surface area contributed by atoms with Crippen molar-refractivity contribution in [2.24, 2.45) is 5.84 Å². The second kappa shape index (κ2) is 6.31. The third-order valence-corrected chi connectivity index (χ3v) is 3.48. The van der Waals surface area contributed by atoms with Gasteiger partial charge in [0, 0.05) is 0 Å². The minimum absolute atomic E-state index is 0.167. The van der Waals surface area contributed by atoms with Crippen molar-refractivity contribution in [1.29, 1.82) is 0 Å². The normalized spacial score (nSPS) is 22.3. The first-order valence-electron chi connectivity index (χ1n) is 5.84. The van der Waals surface area contributed by atoms with Gasteiger partial charge in [0.05, 0.1) is 10.6 Å². The van der Waals surface area contributed by atoms with E-state index in [-0.39, 0.29) is 17.8 Å². The molecule has 0 saturated carbocycles. The number of carbonyl (C=O) groups excluding carboxylic acids is 1. The maximum Gasteiger partial charge on any atom is 0.263 e. The van der Waals surface area contributed by atoms with Crippen LogP contribution in [-0.2, 0) is 9.53 Å². The number of ether oxygens (including phenoxy) is 2. The second-order valence-corrected chi connectivity index (χ2v) is 5.07. The SMILES string of the molecule is NNC(=O)C1CCC(COc2ccc(F)cc2Br)O1. The van der Waals surface area contributed by atoms with Crippen LogP contribution in [0.15, 0.2) is 22.7 Å². The predicted octanol–water partition coefficient (Wildman–Crippen LogP) is 1.50. The van der Waals surface area contributed by atoms with Crippen molar-refractivity contribution in [2.75, 3.05) is 6.61 Å². The van der Waals surface area contributed by atoms with Crippen LogP contribution in [0.2, 0.25) is 0 Å². The number of hydrogen-bond donors (Lipinski definition) is 2. The highest BCUT2D eigenvalue weighted by Crippen LogP contribution is 2.27. The fourth-order valence-electron chi connectivity index (χ4n) is 1.89. The lowest BCUT2D eigenvalue weighted by atomic mass is 10.2. The highest BCUT2D eigenvalue weighted by molar-refractivity contribution is 9.10. The number of halogens is 2. The van der Waals surface area contributed by atoms with E-state index in [4.69, 9.17) is 15.3 Å². The molecular weight excluding hydrogens is 319 g/mol. The number of hydrogen-bond acceptors (Lipinski definition) is 4. The van der Waals surface area contributed by atoms with Crippen LogP contribution >= 0.6 is 15.9 Å². The number of rotatable bonds is 4. The summed E-state index contributed by atoms with van der Waals surface area (Å²) in [6, 6.07) is 4.19. The molecule has 0 aromatic heterocycles. The first-order chi connectivity index (χ1) is 9.10. The van der Waals surface area contributed by atoms with Crippen molar-refractivity contribution in [1.82, 2.24) is 5.43 Å². The fraction of sp³-hybridized carbons (Fsp3) is 0.417. The molecule has 7 heteroatoms. The van der Waals surface area contributed by atoms with Crippen LogP contribution in [0.4, 0.5) is 4.39 Å². The molecule has 1 aromatic carbocycles. The molecule has 1 aromatic rings. The standard InChI is InChI=1S/C12H14BrFN2O3/c13-9-5-7(14)1-3-10(9)18-6-8-2-4-11(19-8)12(17)16-15/h1,3,5,8,11H,2,4,6,15H2,(H,16,17). The molecule has 5 nitrogen and oxygen atoms in total. The second-order valence-electron chi connectivity index (χ2n) is 4.22. The Morgan fingerprint density at radius 1 is 1.58 bits per heavy atom. The molecule has 104 valence electrons. The summed E-state index contributed by atoms with van der Waals surface area (Å²) in [7, 11) is 0. The number of hydrazine groups is 1. The van der Waals surface area contributed by atoms with Crippen LogP contribution in [0.3, 0.4) is 0 Å². The largest absolute Gasteiger partial charge is 0.490 e. The van der Waals surface area contributed by atoms with E-state index in [0.717, 1.165) is 6.42 Å². The molecule has 2 atom stereocenters. The maximum atomic E-state index is 12.9. The number of carbonyl (C=O) groups is 1. The zero-order valence-corrected chi connectivity index (χ0v) is 11.7. The van der Waals surface area contributed by atoms with Gasteiger partial charge in [-0.3, -0.25) is 10.2 Å². The first kappa shape index (κ1) is 14.2. The van der Waals surface area contributed by atoms with Crippen LogP contribution < -0.4 is 16.0 Å². The summed E-state index contributed by atoms with van der Waals surface area (Å²) in [4.78, 5) is 11.3. The van der Waals surface area contributed by atoms with Crippen LogP contribution in [0.25, 0.3) is 0 Å². The van der Waals surface area contributed by atoms with Gasteiger partial charge in [-0.2, -0.15) is 0 Å². The van der Waals surface area contributed by atoms with E-state index in [1.54, 1.807) is 6.07 Å². The summed E-state index contributed by atoms with van der Waals surface area (Å²) < 4.78 is 24.5. The molecule has 19 heavy (non-hydrogen) atoms. The molecule has 2 unspecified atom stereocenters. The Morgan fingerprint density at radius 3 is 3.05 bits per heavy atom. The number of amides is 1. The first-order valence-corrected chi connectivity index (χ1v) is 6.63. The van der Waals surface area contributed by atoms with Crippen molar-refractivity contribution in [2.45, 2.75) is 25.0 Å². The molecule has 1 aliphatic heterocycles. The molecule has 3 N–H and O–H groups in total. The van der Waals surface area contributed by atoms with Gasteiger partial charge in [0.25, 0.3) is 5.91 Å². The minimum Gasteiger partial charge on any atom is -0.490 e. The molecule has 1 amide bonds. The van der Waals surface area contributed by atoms with E-state index in [9.17, 15) is 9.18 Å². The smallest absolute Gasteiger partial charge is 0.263 e. The lowest BCUT2D eigenvalue weighted by molar-refractivity contribution is -0.132. The van der Waals surface area contributed by atoms with Gasteiger partial charge in [0.1, 0.15) is 24.3 Å². The Hall–Kier alpha value is -1.18. The van der Waals surface area contributed by atoms with Crippen molar-refractivity contribution in [3.8, 4) is 5.75 Å². The zero-order chi connectivity index (χ0) is 13.8. The van der Waals surface area contributed by atoms with E-state index < -0.39 is 6.10 Å². The number of nitrogens with one attached hydrogen (secondary N) is 1. The lowest BCUT2D eigenvalue weighted by Gasteiger charge is -2.14. The van der Waals surface area contributed by atoms with Crippen molar-refractivity contribution < 1.29 is 18.7 Å². The molecule has 0 radical (unpaired) electrons. The predicted molar refractivity (Wildman–Crippen MR) is 69.8 cm³/mol. The van der Waals surface area contributed by atoms with E-state index in [1.807, 2.05) is 0 Å². The Bertz CT molecular complexity index is 472. The van der Waals surface area contributed by atoms with Crippen molar-refractivity contribution in [3.05, 3.63) is 28.5 Å². The summed E-state index contributed by atoms with van der Waals surface area (Å²) in [5.41, 5.74) is 2.06. The lowest BCUT2D eigenvalue weighted by Crippen LogP contribution is -2.39. The van der Waals surface area contributed by atoms with E-state index in [2.05, 4.69) is 21.4 Å². The van der Waals surface area contributed by atoms with Crippen molar-refractivity contribution in [3.63, 3.8) is 0 Å². The van der Waals surface area contributed by atoms with E-state index in [0.29, 0.717) is 23.2 Å². The summed E-state index contributed by atoms with van der Waals surface area (Å²) in [5, 5.41) is 0. The van der Waals surface area contributed by atoms with Crippen LogP contribution in [0.5, 0.6) is 5.75 Å². The number of benzene rings is 1. The van der Waals surface area contributed by atoms with E-state index >= 15 is 0 Å². The molecule has 0 aliphatic carbocycles. The third kappa shape index (κ3) is 3.65. The zero-order valence-electron chi connectivity index (χ0n) is 10.1. The Balaban J connectivity index is 1.85. The van der Waals surface area contributed by atoms with E-state index in [1.165, 1.54) is 12.1 Å². The van der Waals surface area contributed by atoms with Gasteiger partial charge in [0.2, 0.25) is 0 Å². The highest BCUT2D eigenvalue weighted by Gasteiger charge is 2.30. The summed E-state index contributed by atoms with van der Waals surface area (Å²) >= 11 is 3.22. The molecule has 0 spiro atoms. The van der Waals surface area contributed by atoms with Gasteiger partial charge in [-0.1, -0.05) is 0 Å². The van der Waals surface area contributed by atoms with Crippen molar-refractivity contribution >= 4 is 21.8 Å². The van der Waals surface area contributed by atoms with Crippen LogP contribution in [0.1, 0.15) is 12.8 Å². The average Bonchev–Trinajstić information content (AvgIpc) is 2.85. The van der Waals surface area contributed by atoms with Gasteiger partial charge in [0.15, 0.2) is 0 Å². The molecule has 1 fully saturated rings. The monoisotopic (exact) mass is 332 g/mol. The van der Waals surface area contributed by atoms with Gasteiger partial charge in [-0.15, -0.1) is 0 Å². The molecule has 1 aliphatic rings. The third-order valence-electron chi connectivity index (χ3n) is 2.86. The Kier molecular flexibility index (Phi) is 4.73. The summed E-state index contributed by atoms with van der Waals surface area (Å²) in [6.07, 6.45) is 0.646. The molecule has 2 rings (SSSR count). The Labute approximate surface area is 118 Å². The van der Waals surface area contributed by atoms with Gasteiger partial charge in [-0.05, 0) is 47.0 Å². The minimum atomic E-state index is -0.518. The Morgan fingerprint density at radius 2 is 2.37 bits per heavy atom. The quantitative estimate of drug-likeness (QED) is 0.498. The van der Waals surface area contributed by atoms with Gasteiger partial charge in [-0.25, -0.2) is 10.2 Å². The maximum absolute atomic E-state index is 12.9. The molecule has 1 saturated heterocycles. The molecule has 0 bridgehead atoms. The average molecular weight is 333 g/mol. The fourth-order valence-corrected chi connectivity index (χ4v) is 2.35.